The molecule has 0 amide bonds. The zero-order chi connectivity index (χ0) is 10.6. The Bertz CT molecular complexity index is 407. The highest BCUT2D eigenvalue weighted by molar-refractivity contribution is 5.63. The predicted octanol–water partition coefficient (Wildman–Crippen LogP) is 1.94. The second kappa shape index (κ2) is 4.35. The third-order valence-electron chi connectivity index (χ3n) is 2.07. The Hall–Kier alpha value is -1.93. The zero-order valence-corrected chi connectivity index (χ0v) is 8.41. The quantitative estimate of drug-likeness (QED) is 0.657. The van der Waals surface area contributed by atoms with Gasteiger partial charge in [0, 0.05) is 7.05 Å². The fourth-order valence-corrected chi connectivity index (χ4v) is 1.47. The van der Waals surface area contributed by atoms with E-state index in [1.165, 1.54) is 0 Å². The summed E-state index contributed by atoms with van der Waals surface area (Å²) in [5.41, 5.74) is 2.66. The van der Waals surface area contributed by atoms with E-state index in [1.54, 1.807) is 6.07 Å². The maximum Gasteiger partial charge on any atom is 0.101 e. The van der Waals surface area contributed by atoms with Gasteiger partial charge in [0.1, 0.15) is 6.07 Å². The van der Waals surface area contributed by atoms with Crippen molar-refractivity contribution in [3.05, 3.63) is 29.3 Å². The number of anilines is 1. The summed E-state index contributed by atoms with van der Waals surface area (Å²) in [5.74, 6) is 2.56. The first kappa shape index (κ1) is 10.2. The summed E-state index contributed by atoms with van der Waals surface area (Å²) in [4.78, 5) is 1.91. The Morgan fingerprint density at radius 1 is 1.50 bits per heavy atom. The minimum absolute atomic E-state index is 0.513. The van der Waals surface area contributed by atoms with Crippen molar-refractivity contribution < 1.29 is 0 Å². The van der Waals surface area contributed by atoms with Crippen LogP contribution in [0.4, 0.5) is 5.69 Å². The van der Waals surface area contributed by atoms with Gasteiger partial charge in [-0.05, 0) is 18.6 Å². The highest BCUT2D eigenvalue weighted by Crippen LogP contribution is 2.22. The van der Waals surface area contributed by atoms with Crippen molar-refractivity contribution in [1.29, 1.82) is 5.26 Å². The van der Waals surface area contributed by atoms with Crippen LogP contribution in [-0.4, -0.2) is 13.6 Å². The molecule has 1 aromatic rings. The number of para-hydroxylation sites is 1. The van der Waals surface area contributed by atoms with Crippen molar-refractivity contribution >= 4 is 5.69 Å². The molecule has 0 fully saturated rings. The van der Waals surface area contributed by atoms with Crippen LogP contribution >= 0.6 is 0 Å². The van der Waals surface area contributed by atoms with Crippen molar-refractivity contribution in [2.45, 2.75) is 6.92 Å². The number of rotatable bonds is 2. The van der Waals surface area contributed by atoms with E-state index in [9.17, 15) is 0 Å². The van der Waals surface area contributed by atoms with E-state index >= 15 is 0 Å². The summed E-state index contributed by atoms with van der Waals surface area (Å²) in [7, 11) is 1.89. The van der Waals surface area contributed by atoms with Gasteiger partial charge in [-0.15, -0.1) is 6.42 Å². The molecule has 70 valence electrons. The normalized spacial score (nSPS) is 8.86. The summed E-state index contributed by atoms with van der Waals surface area (Å²) >= 11 is 0. The summed E-state index contributed by atoms with van der Waals surface area (Å²) in [6.45, 7) is 2.49. The molecule has 0 heterocycles. The number of benzene rings is 1. The Kier molecular flexibility index (Phi) is 3.15. The van der Waals surface area contributed by atoms with Crippen molar-refractivity contribution in [3.8, 4) is 18.4 Å². The predicted molar refractivity (Wildman–Crippen MR) is 58.0 cm³/mol. The van der Waals surface area contributed by atoms with Crippen molar-refractivity contribution in [2.75, 3.05) is 18.5 Å². The van der Waals surface area contributed by atoms with Gasteiger partial charge in [-0.2, -0.15) is 5.26 Å². The number of hydrogen-bond donors (Lipinski definition) is 0. The number of hydrogen-bond acceptors (Lipinski definition) is 2. The van der Waals surface area contributed by atoms with Crippen LogP contribution in [0.2, 0.25) is 0 Å². The van der Waals surface area contributed by atoms with E-state index in [4.69, 9.17) is 11.7 Å². The van der Waals surface area contributed by atoms with Crippen molar-refractivity contribution in [3.63, 3.8) is 0 Å². The topological polar surface area (TPSA) is 27.0 Å². The van der Waals surface area contributed by atoms with Crippen LogP contribution in [0.1, 0.15) is 11.1 Å². The van der Waals surface area contributed by atoms with Gasteiger partial charge in [-0.25, -0.2) is 0 Å². The largest absolute Gasteiger partial charge is 0.362 e. The van der Waals surface area contributed by atoms with Crippen molar-refractivity contribution in [1.82, 2.24) is 0 Å². The van der Waals surface area contributed by atoms with Crippen LogP contribution in [0, 0.1) is 30.6 Å². The first-order valence-corrected chi connectivity index (χ1v) is 4.35. The minimum Gasteiger partial charge on any atom is -0.362 e. The van der Waals surface area contributed by atoms with Crippen LogP contribution in [0.5, 0.6) is 0 Å². The first-order valence-electron chi connectivity index (χ1n) is 4.35. The SMILES string of the molecule is C#CCN(C)c1c(C)cccc1C#N. The molecule has 0 radical (unpaired) electrons. The fourth-order valence-electron chi connectivity index (χ4n) is 1.47. The molecular weight excluding hydrogens is 172 g/mol. The summed E-state index contributed by atoms with van der Waals surface area (Å²) < 4.78 is 0. The third kappa shape index (κ3) is 1.87. The lowest BCUT2D eigenvalue weighted by atomic mass is 10.1. The van der Waals surface area contributed by atoms with Gasteiger partial charge in [0.15, 0.2) is 0 Å². The number of nitriles is 1. The molecule has 0 atom stereocenters. The van der Waals surface area contributed by atoms with Gasteiger partial charge in [-0.1, -0.05) is 18.1 Å². The highest BCUT2D eigenvalue weighted by atomic mass is 15.1. The third-order valence-corrected chi connectivity index (χ3v) is 2.07. The summed E-state index contributed by atoms with van der Waals surface area (Å²) in [5, 5.41) is 8.93. The maximum atomic E-state index is 8.93. The van der Waals surface area contributed by atoms with Crippen molar-refractivity contribution in [2.24, 2.45) is 0 Å². The second-order valence-electron chi connectivity index (χ2n) is 3.14. The standard InChI is InChI=1S/C12H12N2/c1-4-8-14(3)12-10(2)6-5-7-11(12)9-13/h1,5-7H,8H2,2-3H3. The van der Waals surface area contributed by atoms with Crippen LogP contribution in [-0.2, 0) is 0 Å². The number of aryl methyl sites for hydroxylation is 1. The Morgan fingerprint density at radius 3 is 2.79 bits per heavy atom. The molecule has 1 rings (SSSR count). The Labute approximate surface area is 84.8 Å². The average Bonchev–Trinajstić information content (AvgIpc) is 2.17. The molecule has 0 aliphatic heterocycles. The number of nitrogens with zero attached hydrogens (tertiary/aromatic N) is 2. The van der Waals surface area contributed by atoms with Gasteiger partial charge in [0.25, 0.3) is 0 Å². The molecule has 1 aromatic carbocycles. The Morgan fingerprint density at radius 2 is 2.21 bits per heavy atom. The van der Waals surface area contributed by atoms with Crippen LogP contribution in [0.25, 0.3) is 0 Å². The molecule has 0 saturated carbocycles. The van der Waals surface area contributed by atoms with Gasteiger partial charge in [0.2, 0.25) is 0 Å². The lowest BCUT2D eigenvalue weighted by Crippen LogP contribution is -2.19. The fraction of sp³-hybridized carbons (Fsp3) is 0.250. The highest BCUT2D eigenvalue weighted by Gasteiger charge is 2.08. The van der Waals surface area contributed by atoms with Gasteiger partial charge >= 0.3 is 0 Å². The van der Waals surface area contributed by atoms with Crippen LogP contribution < -0.4 is 4.90 Å². The molecule has 0 aliphatic carbocycles. The molecule has 0 unspecified atom stereocenters. The van der Waals surface area contributed by atoms with E-state index in [0.717, 1.165) is 11.3 Å². The monoisotopic (exact) mass is 184 g/mol. The first-order chi connectivity index (χ1) is 6.70. The second-order valence-corrected chi connectivity index (χ2v) is 3.14. The molecular formula is C12H12N2. The molecule has 2 nitrogen and oxygen atoms in total. The molecule has 0 spiro atoms. The van der Waals surface area contributed by atoms with Gasteiger partial charge < -0.3 is 4.90 Å². The smallest absolute Gasteiger partial charge is 0.101 e. The zero-order valence-electron chi connectivity index (χ0n) is 8.41. The lowest BCUT2D eigenvalue weighted by Gasteiger charge is -2.19. The van der Waals surface area contributed by atoms with E-state index in [-0.39, 0.29) is 0 Å². The van der Waals surface area contributed by atoms with E-state index < -0.39 is 0 Å². The van der Waals surface area contributed by atoms with E-state index in [1.807, 2.05) is 31.0 Å². The van der Waals surface area contributed by atoms with E-state index in [0.29, 0.717) is 12.1 Å². The molecule has 2 heteroatoms. The molecule has 0 saturated heterocycles. The maximum absolute atomic E-state index is 8.93. The average molecular weight is 184 g/mol. The van der Waals surface area contributed by atoms with Crippen LogP contribution in [0.3, 0.4) is 0 Å². The van der Waals surface area contributed by atoms with Crippen LogP contribution in [0.15, 0.2) is 18.2 Å². The molecule has 0 bridgehead atoms. The molecule has 14 heavy (non-hydrogen) atoms. The summed E-state index contributed by atoms with van der Waals surface area (Å²) in [6.07, 6.45) is 5.23. The Balaban J connectivity index is 3.19. The summed E-state index contributed by atoms with van der Waals surface area (Å²) in [6, 6.07) is 7.82. The lowest BCUT2D eigenvalue weighted by molar-refractivity contribution is 1.04. The molecule has 0 aromatic heterocycles. The van der Waals surface area contributed by atoms with E-state index in [2.05, 4.69) is 12.0 Å². The number of terminal acetylenes is 1. The van der Waals surface area contributed by atoms with Gasteiger partial charge in [0.05, 0.1) is 17.8 Å². The molecule has 0 aliphatic rings. The van der Waals surface area contributed by atoms with Gasteiger partial charge in [-0.3, -0.25) is 0 Å². The molecule has 0 N–H and O–H groups in total. The minimum atomic E-state index is 0.513.